The lowest BCUT2D eigenvalue weighted by atomic mass is 10.1. The van der Waals surface area contributed by atoms with Gasteiger partial charge in [0.05, 0.1) is 23.8 Å². The first-order valence-electron chi connectivity index (χ1n) is 8.05. The van der Waals surface area contributed by atoms with Gasteiger partial charge < -0.3 is 11.5 Å². The van der Waals surface area contributed by atoms with Crippen LogP contribution in [-0.2, 0) is 6.54 Å². The molecule has 4 aromatic rings. The van der Waals surface area contributed by atoms with Crippen LogP contribution < -0.4 is 11.5 Å². The number of hydrogen-bond acceptors (Lipinski definition) is 7. The molecule has 0 aliphatic carbocycles. The maximum absolute atomic E-state index is 14.2. The molecule has 0 aliphatic heterocycles. The molecule has 4 rings (SSSR count). The van der Waals surface area contributed by atoms with Crippen molar-refractivity contribution >= 4 is 22.7 Å². The molecule has 0 bridgehead atoms. The maximum Gasteiger partial charge on any atom is 0.222 e. The lowest BCUT2D eigenvalue weighted by Gasteiger charge is -2.08. The highest BCUT2D eigenvalue weighted by molar-refractivity contribution is 5.91. The van der Waals surface area contributed by atoms with Crippen LogP contribution in [0.5, 0.6) is 0 Å². The number of nitrogen functional groups attached to an aromatic ring is 2. The van der Waals surface area contributed by atoms with Crippen molar-refractivity contribution in [2.24, 2.45) is 0 Å². The molecule has 3 heterocycles. The molecular formula is C18H12F2N8. The molecule has 4 N–H and O–H groups in total. The summed E-state index contributed by atoms with van der Waals surface area (Å²) in [5.41, 5.74) is 12.6. The Balaban J connectivity index is 1.85. The Hall–Kier alpha value is -4.13. The highest BCUT2D eigenvalue weighted by Gasteiger charge is 2.17. The normalized spacial score (nSPS) is 10.9. The van der Waals surface area contributed by atoms with Gasteiger partial charge in [-0.25, -0.2) is 23.4 Å². The fourth-order valence-corrected chi connectivity index (χ4v) is 2.87. The van der Waals surface area contributed by atoms with Gasteiger partial charge in [0.2, 0.25) is 5.95 Å². The molecule has 138 valence electrons. The van der Waals surface area contributed by atoms with E-state index in [1.165, 1.54) is 17.1 Å². The van der Waals surface area contributed by atoms with Crippen LogP contribution in [0.2, 0.25) is 0 Å². The van der Waals surface area contributed by atoms with Gasteiger partial charge in [0.25, 0.3) is 0 Å². The Labute approximate surface area is 157 Å². The predicted molar refractivity (Wildman–Crippen MR) is 97.6 cm³/mol. The van der Waals surface area contributed by atoms with Gasteiger partial charge in [0.1, 0.15) is 23.4 Å². The van der Waals surface area contributed by atoms with E-state index >= 15 is 0 Å². The van der Waals surface area contributed by atoms with Crippen molar-refractivity contribution in [3.8, 4) is 17.3 Å². The van der Waals surface area contributed by atoms with Gasteiger partial charge in [0, 0.05) is 23.0 Å². The van der Waals surface area contributed by atoms with Crippen LogP contribution in [-0.4, -0.2) is 24.7 Å². The Bertz CT molecular complexity index is 1240. The minimum Gasteiger partial charge on any atom is -0.399 e. The van der Waals surface area contributed by atoms with E-state index in [9.17, 15) is 8.78 Å². The first-order valence-corrected chi connectivity index (χ1v) is 8.05. The van der Waals surface area contributed by atoms with Gasteiger partial charge in [0.15, 0.2) is 5.65 Å². The molecule has 10 heteroatoms. The second-order valence-electron chi connectivity index (χ2n) is 5.97. The Morgan fingerprint density at radius 3 is 2.57 bits per heavy atom. The number of rotatable bonds is 3. The third kappa shape index (κ3) is 2.95. The summed E-state index contributed by atoms with van der Waals surface area (Å²) in [6.45, 7) is -0.211. The van der Waals surface area contributed by atoms with Gasteiger partial charge in [-0.3, -0.25) is 0 Å². The number of pyridine rings is 1. The first-order chi connectivity index (χ1) is 13.5. The summed E-state index contributed by atoms with van der Waals surface area (Å²) in [5, 5.41) is 13.7. The molecule has 28 heavy (non-hydrogen) atoms. The van der Waals surface area contributed by atoms with E-state index in [4.69, 9.17) is 16.7 Å². The fourth-order valence-electron chi connectivity index (χ4n) is 2.87. The maximum atomic E-state index is 14.2. The lowest BCUT2D eigenvalue weighted by molar-refractivity contribution is 0.537. The number of anilines is 2. The van der Waals surface area contributed by atoms with E-state index in [-0.39, 0.29) is 29.4 Å². The van der Waals surface area contributed by atoms with Crippen molar-refractivity contribution in [3.63, 3.8) is 0 Å². The number of fused-ring (bicyclic) bond motifs is 1. The summed E-state index contributed by atoms with van der Waals surface area (Å²) in [5.74, 6) is -1.61. The number of nitrogens with zero attached hydrogens (tertiary/aromatic N) is 6. The van der Waals surface area contributed by atoms with E-state index < -0.39 is 11.6 Å². The average Bonchev–Trinajstić information content (AvgIpc) is 3.06. The zero-order chi connectivity index (χ0) is 19.8. The summed E-state index contributed by atoms with van der Waals surface area (Å²) in [7, 11) is 0. The Morgan fingerprint density at radius 2 is 1.86 bits per heavy atom. The van der Waals surface area contributed by atoms with Gasteiger partial charge in [-0.2, -0.15) is 15.3 Å². The second-order valence-corrected chi connectivity index (χ2v) is 5.97. The van der Waals surface area contributed by atoms with Crippen LogP contribution >= 0.6 is 0 Å². The van der Waals surface area contributed by atoms with Crippen molar-refractivity contribution in [2.75, 3.05) is 11.5 Å². The summed E-state index contributed by atoms with van der Waals surface area (Å²) >= 11 is 0. The zero-order valence-corrected chi connectivity index (χ0v) is 14.3. The average molecular weight is 378 g/mol. The van der Waals surface area contributed by atoms with Gasteiger partial charge in [-0.15, -0.1) is 0 Å². The third-order valence-corrected chi connectivity index (χ3v) is 4.13. The summed E-state index contributed by atoms with van der Waals surface area (Å²) in [6.07, 6.45) is 2.95. The van der Waals surface area contributed by atoms with Crippen LogP contribution in [0.15, 0.2) is 36.7 Å². The molecule has 0 aliphatic rings. The molecule has 0 fully saturated rings. The minimum atomic E-state index is -0.781. The Morgan fingerprint density at radius 1 is 1.11 bits per heavy atom. The van der Waals surface area contributed by atoms with E-state index in [0.29, 0.717) is 22.3 Å². The largest absolute Gasteiger partial charge is 0.399 e. The molecule has 0 unspecified atom stereocenters. The van der Waals surface area contributed by atoms with E-state index in [1.807, 2.05) is 6.07 Å². The molecule has 3 aromatic heterocycles. The number of aromatic nitrogens is 5. The molecule has 0 saturated carbocycles. The monoisotopic (exact) mass is 378 g/mol. The predicted octanol–water partition coefficient (Wildman–Crippen LogP) is 2.25. The number of hydrogen-bond donors (Lipinski definition) is 2. The molecule has 8 nitrogen and oxygen atoms in total. The smallest absolute Gasteiger partial charge is 0.222 e. The quantitative estimate of drug-likeness (QED) is 0.522. The van der Waals surface area contributed by atoms with Crippen molar-refractivity contribution in [1.82, 2.24) is 24.7 Å². The zero-order valence-electron chi connectivity index (χ0n) is 14.3. The number of nitrogens with two attached hydrogens (primary N) is 2. The highest BCUT2D eigenvalue weighted by Crippen LogP contribution is 2.28. The molecule has 0 atom stereocenters. The van der Waals surface area contributed by atoms with Crippen LogP contribution in [0.4, 0.5) is 20.4 Å². The van der Waals surface area contributed by atoms with Gasteiger partial charge in [-0.1, -0.05) is 0 Å². The van der Waals surface area contributed by atoms with Crippen LogP contribution in [0.1, 0.15) is 11.3 Å². The van der Waals surface area contributed by atoms with Crippen molar-refractivity contribution < 1.29 is 8.78 Å². The minimum absolute atomic E-state index is 0.0103. The summed E-state index contributed by atoms with van der Waals surface area (Å²) in [6, 6.07) is 7.26. The van der Waals surface area contributed by atoms with Gasteiger partial charge >= 0.3 is 0 Å². The van der Waals surface area contributed by atoms with Crippen LogP contribution in [0.3, 0.4) is 0 Å². The molecule has 0 radical (unpaired) electrons. The van der Waals surface area contributed by atoms with Crippen molar-refractivity contribution in [3.05, 3.63) is 59.6 Å². The molecule has 0 spiro atoms. The molecule has 1 aromatic carbocycles. The first kappa shape index (κ1) is 17.3. The molecular weight excluding hydrogens is 366 g/mol. The van der Waals surface area contributed by atoms with Crippen molar-refractivity contribution in [2.45, 2.75) is 6.54 Å². The number of nitriles is 1. The summed E-state index contributed by atoms with van der Waals surface area (Å²) < 4.78 is 29.6. The highest BCUT2D eigenvalue weighted by atomic mass is 19.1. The lowest BCUT2D eigenvalue weighted by Crippen LogP contribution is -2.09. The SMILES string of the molecule is N#Cc1cc(-c2nc(N)nc3c2cnn3Cc2c(F)cc(N)cc2F)ccn1. The Kier molecular flexibility index (Phi) is 4.04. The standard InChI is InChI=1S/C18H12F2N8/c19-14-4-10(22)5-15(20)13(14)8-28-17-12(7-25-28)16(26-18(23)27-17)9-1-2-24-11(3-9)6-21/h1-5,7H,8,22H2,(H2,23,26,27). The third-order valence-electron chi connectivity index (χ3n) is 4.13. The summed E-state index contributed by atoms with van der Waals surface area (Å²) in [4.78, 5) is 12.3. The topological polar surface area (TPSA) is 132 Å². The van der Waals surface area contributed by atoms with Gasteiger partial charge in [-0.05, 0) is 24.3 Å². The second kappa shape index (κ2) is 6.55. The molecule has 0 amide bonds. The van der Waals surface area contributed by atoms with Crippen LogP contribution in [0.25, 0.3) is 22.3 Å². The van der Waals surface area contributed by atoms with Crippen molar-refractivity contribution in [1.29, 1.82) is 5.26 Å². The van der Waals surface area contributed by atoms with E-state index in [1.54, 1.807) is 12.1 Å². The number of benzene rings is 1. The van der Waals surface area contributed by atoms with E-state index in [0.717, 1.165) is 12.1 Å². The van der Waals surface area contributed by atoms with Crippen LogP contribution in [0, 0.1) is 23.0 Å². The molecule has 0 saturated heterocycles. The fraction of sp³-hybridized carbons (Fsp3) is 0.0556. The van der Waals surface area contributed by atoms with E-state index in [2.05, 4.69) is 20.1 Å². The number of halogens is 2.